The van der Waals surface area contributed by atoms with Gasteiger partial charge in [0.2, 0.25) is 5.91 Å². The number of hydrogen-bond acceptors (Lipinski definition) is 9. The molecule has 0 radical (unpaired) electrons. The summed E-state index contributed by atoms with van der Waals surface area (Å²) in [6, 6.07) is 0. The van der Waals surface area contributed by atoms with E-state index in [1.807, 2.05) is 0 Å². The Kier molecular flexibility index (Phi) is 35.8. The minimum absolute atomic E-state index is 0. The number of rotatable bonds is 27. The van der Waals surface area contributed by atoms with E-state index in [0.29, 0.717) is 19.4 Å². The number of phosphoric acid groups is 1. The molecule has 0 aromatic rings. The molecular weight excluding hydrogens is 571 g/mol. The van der Waals surface area contributed by atoms with Crippen LogP contribution in [0.15, 0.2) is 0 Å². The zero-order chi connectivity index (χ0) is 29.2. The van der Waals surface area contributed by atoms with Crippen LogP contribution in [0.2, 0.25) is 0 Å². The van der Waals surface area contributed by atoms with Gasteiger partial charge in [-0.1, -0.05) is 96.8 Å². The molecule has 41 heavy (non-hydrogen) atoms. The molecule has 0 aliphatic carbocycles. The number of unbranched alkanes of at least 4 members (excludes halogenated alkanes) is 15. The van der Waals surface area contributed by atoms with Crippen molar-refractivity contribution in [1.82, 2.24) is 5.32 Å². The van der Waals surface area contributed by atoms with Crippen LogP contribution in [-0.4, -0.2) is 43.7 Å². The summed E-state index contributed by atoms with van der Waals surface area (Å²) in [6.07, 6.45) is 17.2. The molecule has 1 amide bonds. The Morgan fingerprint density at radius 3 is 1.59 bits per heavy atom. The van der Waals surface area contributed by atoms with E-state index in [1.165, 1.54) is 51.9 Å². The molecule has 13 heteroatoms. The second-order valence-corrected chi connectivity index (χ2v) is 11.3. The Morgan fingerprint density at radius 2 is 1.12 bits per heavy atom. The number of carbonyl (C=O) groups excluding carboxylic acids is 3. The number of esters is 2. The smallest absolute Gasteiger partial charge is 0.790 e. The van der Waals surface area contributed by atoms with Crippen LogP contribution in [0, 0.1) is 0 Å². The SMILES string of the molecule is CCCCCCCCCCCCCC(=O)O[C@H](COC(=O)CCCCCCCCNC(C)=O)COP(=O)([O-])[O-].[Na+].[Na+]. The molecule has 0 fully saturated rings. The summed E-state index contributed by atoms with van der Waals surface area (Å²) in [7, 11) is -5.25. The molecule has 1 atom stereocenters. The summed E-state index contributed by atoms with van der Waals surface area (Å²) in [5.41, 5.74) is 0. The first-order chi connectivity index (χ1) is 18.6. The molecule has 0 unspecified atom stereocenters. The third-order valence-electron chi connectivity index (χ3n) is 6.31. The van der Waals surface area contributed by atoms with Crippen molar-refractivity contribution in [1.29, 1.82) is 0 Å². The number of ether oxygens (including phenoxy) is 2. The van der Waals surface area contributed by atoms with Gasteiger partial charge < -0.3 is 33.7 Å². The second-order valence-electron chi connectivity index (χ2n) is 10.2. The van der Waals surface area contributed by atoms with E-state index < -0.39 is 32.5 Å². The standard InChI is InChI=1S/C28H54NO9P.2Na/c1-3-4-5-6-7-8-9-10-11-15-18-21-28(32)38-26(24-37-39(33,34)35)23-36-27(31)20-17-14-12-13-16-19-22-29-25(2)30;;/h26H,3-24H2,1-2H3,(H,29,30)(H2,33,34,35);;/q;2*+1/p-2/t26-;;/m1../s1. The maximum atomic E-state index is 12.2. The van der Waals surface area contributed by atoms with Crippen LogP contribution in [0.4, 0.5) is 0 Å². The van der Waals surface area contributed by atoms with Gasteiger partial charge in [0.15, 0.2) is 6.10 Å². The van der Waals surface area contributed by atoms with Crippen molar-refractivity contribution in [2.75, 3.05) is 19.8 Å². The van der Waals surface area contributed by atoms with Crippen molar-refractivity contribution in [3.05, 3.63) is 0 Å². The van der Waals surface area contributed by atoms with E-state index in [-0.39, 0.29) is 84.5 Å². The molecule has 10 nitrogen and oxygen atoms in total. The number of hydrogen-bond donors (Lipinski definition) is 1. The predicted molar refractivity (Wildman–Crippen MR) is 146 cm³/mol. The fourth-order valence-electron chi connectivity index (χ4n) is 4.09. The largest absolute Gasteiger partial charge is 1.00 e. The van der Waals surface area contributed by atoms with Gasteiger partial charge in [0.25, 0.3) is 0 Å². The number of phosphoric ester groups is 1. The Labute approximate surface area is 292 Å². The first-order valence-electron chi connectivity index (χ1n) is 14.9. The van der Waals surface area contributed by atoms with Gasteiger partial charge in [-0.25, -0.2) is 0 Å². The molecule has 0 bridgehead atoms. The van der Waals surface area contributed by atoms with Gasteiger partial charge >= 0.3 is 71.1 Å². The first kappa shape index (κ1) is 45.9. The van der Waals surface area contributed by atoms with E-state index in [2.05, 4.69) is 16.8 Å². The Morgan fingerprint density at radius 1 is 0.683 bits per heavy atom. The summed E-state index contributed by atoms with van der Waals surface area (Å²) < 4.78 is 25.5. The van der Waals surface area contributed by atoms with Gasteiger partial charge in [-0.3, -0.25) is 14.4 Å². The van der Waals surface area contributed by atoms with Crippen molar-refractivity contribution >= 4 is 25.7 Å². The van der Waals surface area contributed by atoms with Gasteiger partial charge in [0.1, 0.15) is 6.61 Å². The zero-order valence-electron chi connectivity index (χ0n) is 26.3. The van der Waals surface area contributed by atoms with Crippen molar-refractivity contribution in [3.8, 4) is 0 Å². The van der Waals surface area contributed by atoms with Gasteiger partial charge in [-0.15, -0.1) is 0 Å². The Hall–Kier alpha value is 0.520. The molecule has 1 N–H and O–H groups in total. The minimum atomic E-state index is -5.25. The van der Waals surface area contributed by atoms with Gasteiger partial charge in [0, 0.05) is 26.3 Å². The number of amides is 1. The summed E-state index contributed by atoms with van der Waals surface area (Å²) in [6.45, 7) is 3.32. The van der Waals surface area contributed by atoms with Crippen molar-refractivity contribution in [2.45, 2.75) is 142 Å². The van der Waals surface area contributed by atoms with Gasteiger partial charge in [0.05, 0.1) is 14.4 Å². The zero-order valence-corrected chi connectivity index (χ0v) is 31.1. The predicted octanol–water partition coefficient (Wildman–Crippen LogP) is -1.14. The van der Waals surface area contributed by atoms with E-state index in [0.717, 1.165) is 51.4 Å². The van der Waals surface area contributed by atoms with Crippen molar-refractivity contribution in [3.63, 3.8) is 0 Å². The molecule has 0 rings (SSSR count). The average molecular weight is 624 g/mol. The molecule has 0 aliphatic rings. The van der Waals surface area contributed by atoms with Crippen molar-refractivity contribution < 1.29 is 102 Å². The molecule has 0 saturated heterocycles. The van der Waals surface area contributed by atoms with E-state index in [1.54, 1.807) is 0 Å². The topological polar surface area (TPSA) is 154 Å². The third kappa shape index (κ3) is 36.6. The normalized spacial score (nSPS) is 11.6. The van der Waals surface area contributed by atoms with Crippen LogP contribution < -0.4 is 74.2 Å². The fourth-order valence-corrected chi connectivity index (χ4v) is 4.44. The Bertz CT molecular complexity index is 695. The molecule has 0 aromatic heterocycles. The number of nitrogens with one attached hydrogen (secondary N) is 1. The second kappa shape index (κ2) is 31.9. The summed E-state index contributed by atoms with van der Waals surface area (Å²) >= 11 is 0. The summed E-state index contributed by atoms with van der Waals surface area (Å²) in [4.78, 5) is 56.7. The third-order valence-corrected chi connectivity index (χ3v) is 6.78. The van der Waals surface area contributed by atoms with Crippen LogP contribution in [0.25, 0.3) is 0 Å². The minimum Gasteiger partial charge on any atom is -0.790 e. The first-order valence-corrected chi connectivity index (χ1v) is 16.4. The Balaban J connectivity index is -0.00000722. The summed E-state index contributed by atoms with van der Waals surface area (Å²) in [5.74, 6) is -1.06. The fraction of sp³-hybridized carbons (Fsp3) is 0.893. The van der Waals surface area contributed by atoms with E-state index >= 15 is 0 Å². The summed E-state index contributed by atoms with van der Waals surface area (Å²) in [5, 5.41) is 2.75. The molecule has 0 saturated carbocycles. The van der Waals surface area contributed by atoms with Crippen LogP contribution in [0.3, 0.4) is 0 Å². The molecule has 0 aliphatic heterocycles. The van der Waals surface area contributed by atoms with E-state index in [4.69, 9.17) is 9.47 Å². The maximum absolute atomic E-state index is 12.2. The van der Waals surface area contributed by atoms with Gasteiger partial charge in [-0.2, -0.15) is 0 Å². The van der Waals surface area contributed by atoms with Crippen LogP contribution in [0.5, 0.6) is 0 Å². The quantitative estimate of drug-likeness (QED) is 0.0518. The molecule has 0 aromatic carbocycles. The van der Waals surface area contributed by atoms with Gasteiger partial charge in [-0.05, 0) is 19.3 Å². The van der Waals surface area contributed by atoms with E-state index in [9.17, 15) is 28.7 Å². The monoisotopic (exact) mass is 623 g/mol. The van der Waals surface area contributed by atoms with Crippen LogP contribution in [-0.2, 0) is 32.9 Å². The maximum Gasteiger partial charge on any atom is 1.00 e. The van der Waals surface area contributed by atoms with Crippen LogP contribution in [0.1, 0.15) is 136 Å². The average Bonchev–Trinajstić information content (AvgIpc) is 2.87. The molecular formula is C28H52NNa2O9P. The molecule has 0 spiro atoms. The number of carbonyl (C=O) groups is 3. The molecule has 230 valence electrons. The van der Waals surface area contributed by atoms with Crippen LogP contribution >= 0.6 is 7.82 Å². The molecule has 0 heterocycles. The van der Waals surface area contributed by atoms with Crippen molar-refractivity contribution in [2.24, 2.45) is 0 Å².